The van der Waals surface area contributed by atoms with Crippen LogP contribution in [0.1, 0.15) is 18.4 Å². The van der Waals surface area contributed by atoms with Crippen molar-refractivity contribution in [3.63, 3.8) is 0 Å². The number of nitrogens with zero attached hydrogens (tertiary/aromatic N) is 2. The van der Waals surface area contributed by atoms with Crippen LogP contribution in [0.5, 0.6) is 0 Å². The SMILES string of the molecule is NC1=Nc2ccc(Cl)cc2CN(C2CC2)C1. The van der Waals surface area contributed by atoms with Gasteiger partial charge in [0.05, 0.1) is 12.2 Å². The van der Waals surface area contributed by atoms with Crippen molar-refractivity contribution in [1.29, 1.82) is 0 Å². The Labute approximate surface area is 99.9 Å². The van der Waals surface area contributed by atoms with E-state index in [4.69, 9.17) is 17.3 Å². The van der Waals surface area contributed by atoms with Gasteiger partial charge in [0.1, 0.15) is 5.84 Å². The van der Waals surface area contributed by atoms with Crippen molar-refractivity contribution in [2.75, 3.05) is 6.54 Å². The van der Waals surface area contributed by atoms with E-state index in [-0.39, 0.29) is 0 Å². The standard InChI is InChI=1S/C12H14ClN3/c13-9-1-4-11-8(5-9)6-16(10-2-3-10)7-12(14)15-11/h1,4-5,10H,2-3,6-7H2,(H2,14,15). The van der Waals surface area contributed by atoms with Crippen LogP contribution in [0.3, 0.4) is 0 Å². The molecule has 3 nitrogen and oxygen atoms in total. The molecule has 1 saturated carbocycles. The van der Waals surface area contributed by atoms with Crippen LogP contribution in [0, 0.1) is 0 Å². The average molecular weight is 236 g/mol. The second-order valence-electron chi connectivity index (χ2n) is 4.51. The molecule has 4 heteroatoms. The second-order valence-corrected chi connectivity index (χ2v) is 4.95. The Bertz CT molecular complexity index is 452. The lowest BCUT2D eigenvalue weighted by molar-refractivity contribution is 0.294. The minimum atomic E-state index is 0.693. The summed E-state index contributed by atoms with van der Waals surface area (Å²) in [6.07, 6.45) is 2.56. The van der Waals surface area contributed by atoms with E-state index in [0.717, 1.165) is 23.8 Å². The van der Waals surface area contributed by atoms with Gasteiger partial charge in [-0.25, -0.2) is 4.99 Å². The minimum Gasteiger partial charge on any atom is -0.386 e. The third-order valence-electron chi connectivity index (χ3n) is 3.11. The molecule has 3 rings (SSSR count). The average Bonchev–Trinajstić information content (AvgIpc) is 3.02. The molecule has 1 heterocycles. The van der Waals surface area contributed by atoms with E-state index in [9.17, 15) is 0 Å². The summed E-state index contributed by atoms with van der Waals surface area (Å²) in [6.45, 7) is 1.68. The van der Waals surface area contributed by atoms with Crippen molar-refractivity contribution in [1.82, 2.24) is 4.90 Å². The van der Waals surface area contributed by atoms with Crippen LogP contribution in [0.2, 0.25) is 5.02 Å². The Kier molecular flexibility index (Phi) is 2.37. The molecule has 0 spiro atoms. The van der Waals surface area contributed by atoms with Crippen molar-refractivity contribution in [2.45, 2.75) is 25.4 Å². The zero-order valence-corrected chi connectivity index (χ0v) is 9.74. The molecule has 2 aliphatic rings. The number of fused-ring (bicyclic) bond motifs is 1. The lowest BCUT2D eigenvalue weighted by Gasteiger charge is -2.19. The third kappa shape index (κ3) is 1.93. The summed E-state index contributed by atoms with van der Waals surface area (Å²) in [5, 5.41) is 0.769. The summed E-state index contributed by atoms with van der Waals surface area (Å²) in [7, 11) is 0. The van der Waals surface area contributed by atoms with Crippen molar-refractivity contribution >= 4 is 23.1 Å². The highest BCUT2D eigenvalue weighted by atomic mass is 35.5. The zero-order valence-electron chi connectivity index (χ0n) is 8.99. The molecule has 0 aromatic heterocycles. The third-order valence-corrected chi connectivity index (χ3v) is 3.34. The molecule has 0 radical (unpaired) electrons. The van der Waals surface area contributed by atoms with Crippen molar-refractivity contribution in [3.05, 3.63) is 28.8 Å². The molecule has 84 valence electrons. The number of amidine groups is 1. The van der Waals surface area contributed by atoms with Crippen LogP contribution in [-0.4, -0.2) is 23.3 Å². The van der Waals surface area contributed by atoms with Crippen LogP contribution in [0.25, 0.3) is 0 Å². The fourth-order valence-electron chi connectivity index (χ4n) is 2.16. The lowest BCUT2D eigenvalue weighted by atomic mass is 10.1. The van der Waals surface area contributed by atoms with Gasteiger partial charge in [-0.1, -0.05) is 11.6 Å². The number of hydrogen-bond donors (Lipinski definition) is 1. The van der Waals surface area contributed by atoms with Gasteiger partial charge in [0.25, 0.3) is 0 Å². The fraction of sp³-hybridized carbons (Fsp3) is 0.417. The molecule has 0 atom stereocenters. The van der Waals surface area contributed by atoms with E-state index < -0.39 is 0 Å². The Balaban J connectivity index is 1.99. The fourth-order valence-corrected chi connectivity index (χ4v) is 2.36. The first-order valence-electron chi connectivity index (χ1n) is 5.58. The maximum Gasteiger partial charge on any atom is 0.114 e. The maximum absolute atomic E-state index is 6.01. The predicted molar refractivity (Wildman–Crippen MR) is 66.2 cm³/mol. The number of halogens is 1. The van der Waals surface area contributed by atoms with Crippen LogP contribution in [0.15, 0.2) is 23.2 Å². The van der Waals surface area contributed by atoms with Crippen molar-refractivity contribution in [3.8, 4) is 0 Å². The molecule has 1 fully saturated rings. The Morgan fingerprint density at radius 2 is 2.12 bits per heavy atom. The quantitative estimate of drug-likeness (QED) is 0.812. The van der Waals surface area contributed by atoms with E-state index in [0.29, 0.717) is 11.9 Å². The molecule has 1 aliphatic carbocycles. The number of hydrogen-bond acceptors (Lipinski definition) is 3. The van der Waals surface area contributed by atoms with Gasteiger partial charge in [0.2, 0.25) is 0 Å². The monoisotopic (exact) mass is 235 g/mol. The molecule has 2 N–H and O–H groups in total. The van der Waals surface area contributed by atoms with Gasteiger partial charge in [-0.2, -0.15) is 0 Å². The number of nitrogens with two attached hydrogens (primary N) is 1. The molecule has 16 heavy (non-hydrogen) atoms. The zero-order chi connectivity index (χ0) is 11.1. The van der Waals surface area contributed by atoms with Crippen LogP contribution >= 0.6 is 11.6 Å². The Hall–Kier alpha value is -1.06. The van der Waals surface area contributed by atoms with E-state index in [2.05, 4.69) is 9.89 Å². The van der Waals surface area contributed by atoms with Gasteiger partial charge < -0.3 is 5.73 Å². The van der Waals surface area contributed by atoms with Crippen molar-refractivity contribution < 1.29 is 0 Å². The summed E-state index contributed by atoms with van der Waals surface area (Å²) >= 11 is 6.01. The summed E-state index contributed by atoms with van der Waals surface area (Å²) in [6, 6.07) is 6.50. The molecule has 0 unspecified atom stereocenters. The van der Waals surface area contributed by atoms with Crippen LogP contribution in [-0.2, 0) is 6.54 Å². The first-order chi connectivity index (χ1) is 7.72. The summed E-state index contributed by atoms with van der Waals surface area (Å²) in [4.78, 5) is 6.83. The normalized spacial score (nSPS) is 21.2. The van der Waals surface area contributed by atoms with E-state index in [1.807, 2.05) is 18.2 Å². The highest BCUT2D eigenvalue weighted by Crippen LogP contribution is 2.33. The first-order valence-corrected chi connectivity index (χ1v) is 5.96. The highest BCUT2D eigenvalue weighted by Gasteiger charge is 2.30. The number of aliphatic imine (C=N–C) groups is 1. The molecule has 0 amide bonds. The van der Waals surface area contributed by atoms with Gasteiger partial charge in [-0.05, 0) is 36.6 Å². The summed E-state index contributed by atoms with van der Waals surface area (Å²) in [5.74, 6) is 0.702. The van der Waals surface area contributed by atoms with Gasteiger partial charge in [-0.15, -0.1) is 0 Å². The number of rotatable bonds is 1. The predicted octanol–water partition coefficient (Wildman–Crippen LogP) is 2.31. The largest absolute Gasteiger partial charge is 0.386 e. The van der Waals surface area contributed by atoms with Gasteiger partial charge in [0, 0.05) is 17.6 Å². The molecule has 1 aromatic rings. The second kappa shape index (κ2) is 3.75. The smallest absolute Gasteiger partial charge is 0.114 e. The lowest BCUT2D eigenvalue weighted by Crippen LogP contribution is -2.33. The van der Waals surface area contributed by atoms with Gasteiger partial charge >= 0.3 is 0 Å². The molecule has 0 bridgehead atoms. The molecule has 1 aliphatic heterocycles. The topological polar surface area (TPSA) is 41.6 Å². The van der Waals surface area contributed by atoms with E-state index in [1.54, 1.807) is 0 Å². The number of benzene rings is 1. The van der Waals surface area contributed by atoms with Gasteiger partial charge in [0.15, 0.2) is 0 Å². The van der Waals surface area contributed by atoms with E-state index in [1.165, 1.54) is 18.4 Å². The van der Waals surface area contributed by atoms with Crippen molar-refractivity contribution in [2.24, 2.45) is 10.7 Å². The summed E-state index contributed by atoms with van der Waals surface area (Å²) in [5.41, 5.74) is 8.06. The Morgan fingerprint density at radius 3 is 2.88 bits per heavy atom. The highest BCUT2D eigenvalue weighted by molar-refractivity contribution is 6.30. The molecular formula is C12H14ClN3. The van der Waals surface area contributed by atoms with E-state index >= 15 is 0 Å². The minimum absolute atomic E-state index is 0.693. The molecule has 1 aromatic carbocycles. The Morgan fingerprint density at radius 1 is 1.31 bits per heavy atom. The van der Waals surface area contributed by atoms with Gasteiger partial charge in [-0.3, -0.25) is 4.90 Å². The van der Waals surface area contributed by atoms with Crippen LogP contribution < -0.4 is 5.73 Å². The first kappa shape index (κ1) is 10.1. The van der Waals surface area contributed by atoms with Crippen LogP contribution in [0.4, 0.5) is 5.69 Å². The maximum atomic E-state index is 6.01. The molecule has 0 saturated heterocycles. The molecular weight excluding hydrogens is 222 g/mol. The summed E-state index contributed by atoms with van der Waals surface area (Å²) < 4.78 is 0.